The van der Waals surface area contributed by atoms with Crippen molar-refractivity contribution in [3.05, 3.63) is 28.8 Å². The van der Waals surface area contributed by atoms with Crippen molar-refractivity contribution in [1.82, 2.24) is 4.31 Å². The van der Waals surface area contributed by atoms with E-state index in [4.69, 9.17) is 16.3 Å². The Bertz CT molecular complexity index is 593. The first kappa shape index (κ1) is 18.3. The Balaban J connectivity index is 3.36. The van der Waals surface area contributed by atoms with Crippen LogP contribution in [0.15, 0.2) is 23.1 Å². The molecule has 1 aromatic rings. The number of hydrogen-bond acceptors (Lipinski definition) is 3. The van der Waals surface area contributed by atoms with Gasteiger partial charge in [-0.25, -0.2) is 17.2 Å². The SMILES string of the molecule is CCN(COC)S(=O)(=O)c1ccc(Cl)c(C(F)(F)CC)c1. The predicted octanol–water partition coefficient (Wildman–Crippen LogP) is 3.46. The number of benzene rings is 1. The highest BCUT2D eigenvalue weighted by atomic mass is 35.5. The second kappa shape index (κ2) is 7.00. The molecule has 0 bridgehead atoms. The lowest BCUT2D eigenvalue weighted by atomic mass is 10.1. The Morgan fingerprint density at radius 1 is 1.33 bits per heavy atom. The molecule has 8 heteroatoms. The summed E-state index contributed by atoms with van der Waals surface area (Å²) in [5.41, 5.74) is -0.485. The largest absolute Gasteiger partial charge is 0.368 e. The van der Waals surface area contributed by atoms with E-state index in [9.17, 15) is 17.2 Å². The zero-order chi connectivity index (χ0) is 16.3. The third kappa shape index (κ3) is 3.91. The molecule has 0 heterocycles. The third-order valence-electron chi connectivity index (χ3n) is 3.04. The zero-order valence-electron chi connectivity index (χ0n) is 12.1. The van der Waals surface area contributed by atoms with Crippen molar-refractivity contribution < 1.29 is 21.9 Å². The van der Waals surface area contributed by atoms with Crippen molar-refractivity contribution in [2.24, 2.45) is 0 Å². The molecule has 0 spiro atoms. The highest BCUT2D eigenvalue weighted by molar-refractivity contribution is 7.89. The van der Waals surface area contributed by atoms with Gasteiger partial charge in [0.1, 0.15) is 6.73 Å². The van der Waals surface area contributed by atoms with E-state index in [1.165, 1.54) is 26.2 Å². The number of sulfonamides is 1. The molecule has 0 saturated heterocycles. The van der Waals surface area contributed by atoms with E-state index in [1.807, 2.05) is 0 Å². The van der Waals surface area contributed by atoms with Crippen LogP contribution in [0.1, 0.15) is 25.8 Å². The molecule has 120 valence electrons. The minimum atomic E-state index is -3.90. The second-order valence-corrected chi connectivity index (χ2v) is 6.74. The third-order valence-corrected chi connectivity index (χ3v) is 5.26. The quantitative estimate of drug-likeness (QED) is 0.713. The van der Waals surface area contributed by atoms with Gasteiger partial charge in [0.25, 0.3) is 5.92 Å². The lowest BCUT2D eigenvalue weighted by Crippen LogP contribution is -2.32. The average Bonchev–Trinajstić information content (AvgIpc) is 2.44. The topological polar surface area (TPSA) is 46.6 Å². The maximum absolute atomic E-state index is 13.8. The van der Waals surface area contributed by atoms with Crippen LogP contribution in [0.5, 0.6) is 0 Å². The van der Waals surface area contributed by atoms with Gasteiger partial charge in [-0.1, -0.05) is 25.4 Å². The molecule has 1 rings (SSSR count). The normalized spacial score (nSPS) is 12.9. The van der Waals surface area contributed by atoms with E-state index in [-0.39, 0.29) is 23.2 Å². The molecule has 21 heavy (non-hydrogen) atoms. The number of methoxy groups -OCH3 is 1. The van der Waals surface area contributed by atoms with Gasteiger partial charge in [0.15, 0.2) is 0 Å². The van der Waals surface area contributed by atoms with Crippen LogP contribution in [-0.4, -0.2) is 33.1 Å². The van der Waals surface area contributed by atoms with Crippen LogP contribution in [-0.2, 0) is 20.7 Å². The minimum absolute atomic E-state index is 0.152. The van der Waals surface area contributed by atoms with Crippen LogP contribution in [0.25, 0.3) is 0 Å². The first-order valence-electron chi connectivity index (χ1n) is 6.37. The molecule has 0 radical (unpaired) electrons. The van der Waals surface area contributed by atoms with Gasteiger partial charge >= 0.3 is 0 Å². The summed E-state index contributed by atoms with van der Waals surface area (Å²) >= 11 is 5.77. The fraction of sp³-hybridized carbons (Fsp3) is 0.538. The lowest BCUT2D eigenvalue weighted by molar-refractivity contribution is -0.00838. The van der Waals surface area contributed by atoms with Crippen molar-refractivity contribution in [3.8, 4) is 0 Å². The van der Waals surface area contributed by atoms with Crippen LogP contribution < -0.4 is 0 Å². The molecule has 4 nitrogen and oxygen atoms in total. The maximum atomic E-state index is 13.8. The minimum Gasteiger partial charge on any atom is -0.368 e. The molecular weight excluding hydrogens is 324 g/mol. The Morgan fingerprint density at radius 2 is 1.95 bits per heavy atom. The van der Waals surface area contributed by atoms with E-state index in [0.29, 0.717) is 0 Å². The van der Waals surface area contributed by atoms with Crippen molar-refractivity contribution in [2.45, 2.75) is 31.1 Å². The van der Waals surface area contributed by atoms with E-state index < -0.39 is 27.9 Å². The Kier molecular flexibility index (Phi) is 6.10. The smallest absolute Gasteiger partial charge is 0.274 e. The molecule has 0 unspecified atom stereocenters. The van der Waals surface area contributed by atoms with E-state index in [1.54, 1.807) is 6.92 Å². The second-order valence-electron chi connectivity index (χ2n) is 4.39. The molecule has 0 aliphatic carbocycles. The molecule has 0 aliphatic rings. The van der Waals surface area contributed by atoms with Gasteiger partial charge in [-0.15, -0.1) is 0 Å². The Labute approximate surface area is 128 Å². The predicted molar refractivity (Wildman–Crippen MR) is 77.1 cm³/mol. The van der Waals surface area contributed by atoms with Gasteiger partial charge in [-0.05, 0) is 18.2 Å². The summed E-state index contributed by atoms with van der Waals surface area (Å²) in [4.78, 5) is -0.228. The Hall–Kier alpha value is -0.760. The van der Waals surface area contributed by atoms with Crippen LogP contribution in [0, 0.1) is 0 Å². The molecule has 1 aromatic carbocycles. The van der Waals surface area contributed by atoms with Crippen LogP contribution in [0.4, 0.5) is 8.78 Å². The van der Waals surface area contributed by atoms with E-state index in [2.05, 4.69) is 0 Å². The van der Waals surface area contributed by atoms with E-state index >= 15 is 0 Å². The highest BCUT2D eigenvalue weighted by Crippen LogP contribution is 2.37. The van der Waals surface area contributed by atoms with Gasteiger partial charge in [-0.3, -0.25) is 0 Å². The summed E-state index contributed by atoms with van der Waals surface area (Å²) in [5.74, 6) is -3.18. The van der Waals surface area contributed by atoms with Gasteiger partial charge in [0.2, 0.25) is 10.0 Å². The van der Waals surface area contributed by atoms with Crippen LogP contribution >= 0.6 is 11.6 Å². The molecule has 0 fully saturated rings. The summed E-state index contributed by atoms with van der Waals surface area (Å²) in [5, 5.41) is -0.157. The van der Waals surface area contributed by atoms with Gasteiger partial charge in [0, 0.05) is 30.7 Å². The molecule has 0 saturated carbocycles. The molecule has 0 aromatic heterocycles. The van der Waals surface area contributed by atoms with Crippen molar-refractivity contribution in [2.75, 3.05) is 20.4 Å². The number of halogens is 3. The summed E-state index contributed by atoms with van der Waals surface area (Å²) in [7, 11) is -2.55. The van der Waals surface area contributed by atoms with Crippen LogP contribution in [0.3, 0.4) is 0 Å². The number of nitrogens with zero attached hydrogens (tertiary/aromatic N) is 1. The van der Waals surface area contributed by atoms with Crippen LogP contribution in [0.2, 0.25) is 5.02 Å². The summed E-state index contributed by atoms with van der Waals surface area (Å²) in [6.07, 6.45) is -0.466. The first-order valence-corrected chi connectivity index (χ1v) is 8.19. The van der Waals surface area contributed by atoms with Gasteiger partial charge < -0.3 is 4.74 Å². The highest BCUT2D eigenvalue weighted by Gasteiger charge is 2.33. The number of alkyl halides is 2. The van der Waals surface area contributed by atoms with E-state index in [0.717, 1.165) is 10.4 Å². The molecule has 0 aliphatic heterocycles. The van der Waals surface area contributed by atoms with Crippen molar-refractivity contribution >= 4 is 21.6 Å². The number of rotatable bonds is 7. The summed E-state index contributed by atoms with van der Waals surface area (Å²) in [6.45, 7) is 2.95. The number of hydrogen-bond donors (Lipinski definition) is 0. The van der Waals surface area contributed by atoms with Crippen molar-refractivity contribution in [3.63, 3.8) is 0 Å². The lowest BCUT2D eigenvalue weighted by Gasteiger charge is -2.21. The maximum Gasteiger partial charge on any atom is 0.274 e. The molecular formula is C13H18ClF2NO3S. The molecule has 0 N–H and O–H groups in total. The monoisotopic (exact) mass is 341 g/mol. The van der Waals surface area contributed by atoms with Crippen molar-refractivity contribution in [1.29, 1.82) is 0 Å². The van der Waals surface area contributed by atoms with Gasteiger partial charge in [-0.2, -0.15) is 4.31 Å². The standard InChI is InChI=1S/C13H18ClF2NO3S/c1-4-13(15,16)11-8-10(6-7-12(11)14)21(18,19)17(5-2)9-20-3/h6-8H,4-5,9H2,1-3H3. The first-order chi connectivity index (χ1) is 9.70. The fourth-order valence-corrected chi connectivity index (χ4v) is 3.40. The van der Waals surface area contributed by atoms with Gasteiger partial charge in [0.05, 0.1) is 4.90 Å². The summed E-state index contributed by atoms with van der Waals surface area (Å²) < 4.78 is 58.3. The Morgan fingerprint density at radius 3 is 2.43 bits per heavy atom. The molecule has 0 atom stereocenters. The molecule has 0 amide bonds. The fourth-order valence-electron chi connectivity index (χ4n) is 1.76. The zero-order valence-corrected chi connectivity index (χ0v) is 13.6. The summed E-state index contributed by atoms with van der Waals surface area (Å²) in [6, 6.07) is 3.32. The number of ether oxygens (including phenoxy) is 1. The average molecular weight is 342 g/mol.